The molecule has 2 nitrogen and oxygen atoms in total. The first kappa shape index (κ1) is 9.42. The first-order chi connectivity index (χ1) is 5.05. The predicted molar refractivity (Wildman–Crippen MR) is 43.6 cm³/mol. The summed E-state index contributed by atoms with van der Waals surface area (Å²) >= 11 is 3.05. The molecule has 1 saturated heterocycles. The minimum absolute atomic E-state index is 0.303. The fraction of sp³-hybridized carbons (Fsp3) is 1.00. The maximum Gasteiger partial charge on any atom is 0.163 e. The zero-order valence-corrected chi connectivity index (χ0v) is 8.23. The van der Waals surface area contributed by atoms with Gasteiger partial charge in [-0.15, -0.1) is 0 Å². The largest absolute Gasteiger partial charge is 0.348 e. The minimum Gasteiger partial charge on any atom is -0.348 e. The molecule has 0 amide bonds. The summed E-state index contributed by atoms with van der Waals surface area (Å²) in [6, 6.07) is 0. The second kappa shape index (κ2) is 3.37. The van der Waals surface area contributed by atoms with Crippen LogP contribution >= 0.6 is 15.9 Å². The summed E-state index contributed by atoms with van der Waals surface area (Å²) in [5.41, 5.74) is 0. The van der Waals surface area contributed by atoms with Crippen molar-refractivity contribution in [2.45, 2.75) is 31.9 Å². The molecule has 4 heteroatoms. The Labute approximate surface area is 74.2 Å². The average Bonchev–Trinajstić information content (AvgIpc) is 2.29. The molecule has 1 aliphatic heterocycles. The van der Waals surface area contributed by atoms with Crippen LogP contribution in [0.2, 0.25) is 0 Å². The number of hydrogen-bond donors (Lipinski definition) is 0. The second-order valence-electron chi connectivity index (χ2n) is 3.04. The Hall–Kier alpha value is 0.330. The molecule has 0 aromatic rings. The molecular formula is C7H12BrFO2. The summed E-state index contributed by atoms with van der Waals surface area (Å²) in [6.45, 7) is 3.92. The highest BCUT2D eigenvalue weighted by Crippen LogP contribution is 2.25. The van der Waals surface area contributed by atoms with E-state index in [2.05, 4.69) is 15.9 Å². The van der Waals surface area contributed by atoms with Crippen molar-refractivity contribution in [3.05, 3.63) is 0 Å². The van der Waals surface area contributed by atoms with Gasteiger partial charge in [0.2, 0.25) is 0 Å². The van der Waals surface area contributed by atoms with Crippen LogP contribution < -0.4 is 0 Å². The van der Waals surface area contributed by atoms with E-state index in [4.69, 9.17) is 9.47 Å². The third kappa shape index (κ3) is 2.39. The Morgan fingerprint density at radius 2 is 2.36 bits per heavy atom. The van der Waals surface area contributed by atoms with Gasteiger partial charge in [-0.3, -0.25) is 0 Å². The summed E-state index contributed by atoms with van der Waals surface area (Å²) in [5, 5.41) is 0.303. The molecule has 0 aliphatic carbocycles. The van der Waals surface area contributed by atoms with E-state index in [0.29, 0.717) is 11.9 Å². The molecule has 0 saturated carbocycles. The van der Waals surface area contributed by atoms with Crippen molar-refractivity contribution in [3.63, 3.8) is 0 Å². The van der Waals surface area contributed by atoms with Crippen molar-refractivity contribution in [2.24, 2.45) is 0 Å². The van der Waals surface area contributed by atoms with Crippen LogP contribution in [0.15, 0.2) is 0 Å². The predicted octanol–water partition coefficient (Wildman–Crippen LogP) is 1.87. The first-order valence-corrected chi connectivity index (χ1v) is 4.69. The molecule has 1 heterocycles. The van der Waals surface area contributed by atoms with Crippen LogP contribution in [0, 0.1) is 0 Å². The lowest BCUT2D eigenvalue weighted by atomic mass is 10.3. The van der Waals surface area contributed by atoms with Gasteiger partial charge in [-0.1, -0.05) is 15.9 Å². The summed E-state index contributed by atoms with van der Waals surface area (Å²) in [5.74, 6) is -0.614. The molecule has 1 rings (SSSR count). The average molecular weight is 227 g/mol. The van der Waals surface area contributed by atoms with Crippen molar-refractivity contribution >= 4 is 15.9 Å². The van der Waals surface area contributed by atoms with Gasteiger partial charge >= 0.3 is 0 Å². The number of halogens is 2. The molecule has 2 atom stereocenters. The van der Waals surface area contributed by atoms with Crippen molar-refractivity contribution in [2.75, 3.05) is 11.9 Å². The summed E-state index contributed by atoms with van der Waals surface area (Å²) in [7, 11) is 0. The molecule has 0 spiro atoms. The zero-order chi connectivity index (χ0) is 8.48. The molecule has 0 bridgehead atoms. The third-order valence-corrected chi connectivity index (χ3v) is 2.20. The van der Waals surface area contributed by atoms with Crippen LogP contribution in [0.1, 0.15) is 13.8 Å². The van der Waals surface area contributed by atoms with E-state index in [0.717, 1.165) is 0 Å². The lowest BCUT2D eigenvalue weighted by molar-refractivity contribution is -0.144. The normalized spacial score (nSPS) is 32.2. The van der Waals surface area contributed by atoms with Crippen LogP contribution in [-0.4, -0.2) is 30.0 Å². The molecule has 1 fully saturated rings. The highest BCUT2D eigenvalue weighted by Gasteiger charge is 2.36. The van der Waals surface area contributed by atoms with Gasteiger partial charge in [-0.05, 0) is 13.8 Å². The van der Waals surface area contributed by atoms with Crippen LogP contribution in [0.4, 0.5) is 4.39 Å². The highest BCUT2D eigenvalue weighted by molar-refractivity contribution is 9.09. The summed E-state index contributed by atoms with van der Waals surface area (Å²) in [4.78, 5) is 0. The minimum atomic E-state index is -0.975. The lowest BCUT2D eigenvalue weighted by Gasteiger charge is -2.17. The van der Waals surface area contributed by atoms with Gasteiger partial charge in [-0.2, -0.15) is 0 Å². The van der Waals surface area contributed by atoms with Crippen LogP contribution in [0.3, 0.4) is 0 Å². The summed E-state index contributed by atoms with van der Waals surface area (Å²) in [6.07, 6.45) is -1.39. The number of rotatable bonds is 2. The second-order valence-corrected chi connectivity index (χ2v) is 3.68. The van der Waals surface area contributed by atoms with E-state index in [-0.39, 0.29) is 0 Å². The maximum absolute atomic E-state index is 12.9. The Morgan fingerprint density at radius 3 is 2.73 bits per heavy atom. The maximum atomic E-state index is 12.9. The van der Waals surface area contributed by atoms with Crippen LogP contribution in [0.25, 0.3) is 0 Å². The Morgan fingerprint density at radius 1 is 1.73 bits per heavy atom. The molecule has 0 aromatic heterocycles. The van der Waals surface area contributed by atoms with Crippen molar-refractivity contribution in [1.82, 2.24) is 0 Å². The van der Waals surface area contributed by atoms with Gasteiger partial charge in [0.15, 0.2) is 5.79 Å². The van der Waals surface area contributed by atoms with E-state index < -0.39 is 18.1 Å². The molecular weight excluding hydrogens is 215 g/mol. The quantitative estimate of drug-likeness (QED) is 0.670. The van der Waals surface area contributed by atoms with Crippen molar-refractivity contribution in [1.29, 1.82) is 0 Å². The number of alkyl halides is 2. The number of hydrogen-bond acceptors (Lipinski definition) is 2. The zero-order valence-electron chi connectivity index (χ0n) is 6.64. The van der Waals surface area contributed by atoms with Gasteiger partial charge in [-0.25, -0.2) is 4.39 Å². The van der Waals surface area contributed by atoms with Crippen LogP contribution in [-0.2, 0) is 9.47 Å². The topological polar surface area (TPSA) is 18.5 Å². The van der Waals surface area contributed by atoms with E-state index >= 15 is 0 Å². The fourth-order valence-electron chi connectivity index (χ4n) is 0.993. The fourth-order valence-corrected chi connectivity index (χ4v) is 1.41. The molecule has 11 heavy (non-hydrogen) atoms. The van der Waals surface area contributed by atoms with Gasteiger partial charge < -0.3 is 9.47 Å². The third-order valence-electron chi connectivity index (χ3n) is 1.58. The van der Waals surface area contributed by atoms with E-state index in [1.54, 1.807) is 13.8 Å². The van der Waals surface area contributed by atoms with Gasteiger partial charge in [0.1, 0.15) is 12.3 Å². The van der Waals surface area contributed by atoms with E-state index in [1.807, 2.05) is 0 Å². The number of ether oxygens (including phenoxy) is 2. The highest BCUT2D eigenvalue weighted by atomic mass is 79.9. The smallest absolute Gasteiger partial charge is 0.163 e. The monoisotopic (exact) mass is 226 g/mol. The standard InChI is InChI=1S/C7H12BrFO2/c1-7(2)10-4-6(11-7)5(9)3-8/h5-6H,3-4H2,1-2H3/t5-,6-/m1/s1. The van der Waals surface area contributed by atoms with E-state index in [1.165, 1.54) is 0 Å². The molecule has 0 N–H and O–H groups in total. The molecule has 1 aliphatic rings. The van der Waals surface area contributed by atoms with Gasteiger partial charge in [0.25, 0.3) is 0 Å². The Kier molecular flexibility index (Phi) is 2.89. The van der Waals surface area contributed by atoms with E-state index in [9.17, 15) is 4.39 Å². The molecule has 0 radical (unpaired) electrons. The lowest BCUT2D eigenvalue weighted by Crippen LogP contribution is -2.28. The molecule has 0 aromatic carbocycles. The molecule has 0 unspecified atom stereocenters. The Bertz CT molecular complexity index is 140. The summed E-state index contributed by atoms with van der Waals surface area (Å²) < 4.78 is 23.4. The van der Waals surface area contributed by atoms with Crippen LogP contribution in [0.5, 0.6) is 0 Å². The first-order valence-electron chi connectivity index (χ1n) is 3.57. The van der Waals surface area contributed by atoms with Crippen molar-refractivity contribution < 1.29 is 13.9 Å². The van der Waals surface area contributed by atoms with Gasteiger partial charge in [0.05, 0.1) is 6.61 Å². The van der Waals surface area contributed by atoms with Gasteiger partial charge in [0, 0.05) is 5.33 Å². The SMILES string of the molecule is CC1(C)OC[C@H]([C@H](F)CBr)O1. The van der Waals surface area contributed by atoms with Crippen molar-refractivity contribution in [3.8, 4) is 0 Å². The Balaban J connectivity index is 2.41. The molecule has 66 valence electrons.